The normalized spacial score (nSPS) is 11.2. The van der Waals surface area contributed by atoms with E-state index >= 15 is 0 Å². The molecular weight excluding hydrogens is 378 g/mol. The van der Waals surface area contributed by atoms with Crippen molar-refractivity contribution in [1.29, 1.82) is 0 Å². The lowest BCUT2D eigenvalue weighted by Gasteiger charge is -2.08. The highest BCUT2D eigenvalue weighted by atomic mass is 35.5. The average Bonchev–Trinajstić information content (AvgIpc) is 3.12. The van der Waals surface area contributed by atoms with E-state index in [1.807, 2.05) is 6.07 Å². The summed E-state index contributed by atoms with van der Waals surface area (Å²) in [5.74, 6) is -0.0674. The number of carbonyl (C=O) groups is 2. The maximum atomic E-state index is 12.3. The molecule has 0 spiro atoms. The van der Waals surface area contributed by atoms with Gasteiger partial charge in [0.05, 0.1) is 17.5 Å². The van der Waals surface area contributed by atoms with Crippen LogP contribution < -0.4 is 10.7 Å². The maximum Gasteiger partial charge on any atom is 0.274 e. The van der Waals surface area contributed by atoms with Crippen molar-refractivity contribution in [3.63, 3.8) is 0 Å². The Morgan fingerprint density at radius 1 is 1.00 bits per heavy atom. The van der Waals surface area contributed by atoms with Crippen molar-refractivity contribution in [1.82, 2.24) is 5.43 Å². The van der Waals surface area contributed by atoms with Gasteiger partial charge in [-0.1, -0.05) is 23.7 Å². The number of nitrogens with zero attached hydrogens (tertiary/aromatic N) is 1. The van der Waals surface area contributed by atoms with Crippen molar-refractivity contribution in [3.8, 4) is 0 Å². The first-order valence-electron chi connectivity index (χ1n) is 8.50. The molecular formula is C21H18ClN3O3. The van der Waals surface area contributed by atoms with Crippen LogP contribution in [0.25, 0.3) is 0 Å². The summed E-state index contributed by atoms with van der Waals surface area (Å²) in [5, 5.41) is 7.53. The minimum Gasteiger partial charge on any atom is -0.469 e. The van der Waals surface area contributed by atoms with Crippen LogP contribution in [0, 0.1) is 6.92 Å². The van der Waals surface area contributed by atoms with Gasteiger partial charge in [0.1, 0.15) is 5.76 Å². The van der Waals surface area contributed by atoms with E-state index < -0.39 is 0 Å². The number of halogens is 1. The SMILES string of the molecule is C/C(=N/NC(=O)c1ccoc1C)c1cccc(NC(=O)c2ccc(Cl)cc2)c1. The molecule has 1 aromatic heterocycles. The van der Waals surface area contributed by atoms with Crippen LogP contribution in [0.3, 0.4) is 0 Å². The maximum absolute atomic E-state index is 12.3. The molecule has 0 saturated heterocycles. The van der Waals surface area contributed by atoms with Crippen molar-refractivity contribution < 1.29 is 14.0 Å². The standard InChI is InChI=1S/C21H18ClN3O3/c1-13(24-25-21(27)19-10-11-28-14(19)2)16-4-3-5-18(12-16)23-20(26)15-6-8-17(22)9-7-15/h3-12H,1-2H3,(H,23,26)(H,25,27)/b24-13-. The molecule has 3 aromatic rings. The van der Waals surface area contributed by atoms with Gasteiger partial charge in [0.25, 0.3) is 11.8 Å². The molecule has 0 radical (unpaired) electrons. The largest absolute Gasteiger partial charge is 0.469 e. The van der Waals surface area contributed by atoms with Crippen LogP contribution in [0.15, 0.2) is 70.4 Å². The first-order chi connectivity index (χ1) is 13.4. The third-order valence-electron chi connectivity index (χ3n) is 4.07. The Kier molecular flexibility index (Phi) is 5.91. The molecule has 2 N–H and O–H groups in total. The summed E-state index contributed by atoms with van der Waals surface area (Å²) < 4.78 is 5.12. The third-order valence-corrected chi connectivity index (χ3v) is 4.33. The van der Waals surface area contributed by atoms with E-state index in [0.29, 0.717) is 33.3 Å². The molecule has 142 valence electrons. The van der Waals surface area contributed by atoms with E-state index in [0.717, 1.165) is 5.56 Å². The molecule has 2 aromatic carbocycles. The second kappa shape index (κ2) is 8.54. The highest BCUT2D eigenvalue weighted by Gasteiger charge is 2.11. The zero-order valence-corrected chi connectivity index (χ0v) is 16.1. The number of furan rings is 1. The van der Waals surface area contributed by atoms with E-state index in [1.54, 1.807) is 62.4 Å². The molecule has 7 heteroatoms. The van der Waals surface area contributed by atoms with Gasteiger partial charge in [0, 0.05) is 16.3 Å². The minimum absolute atomic E-state index is 0.243. The Balaban J connectivity index is 1.69. The van der Waals surface area contributed by atoms with Crippen molar-refractivity contribution in [3.05, 3.63) is 88.3 Å². The van der Waals surface area contributed by atoms with Crippen molar-refractivity contribution in [2.75, 3.05) is 5.32 Å². The number of rotatable bonds is 5. The van der Waals surface area contributed by atoms with E-state index in [-0.39, 0.29) is 11.8 Å². The minimum atomic E-state index is -0.349. The number of hydrogen-bond donors (Lipinski definition) is 2. The lowest BCUT2D eigenvalue weighted by molar-refractivity contribution is 0.0952. The number of benzene rings is 2. The van der Waals surface area contributed by atoms with Crippen LogP contribution in [0.1, 0.15) is 39.0 Å². The molecule has 0 saturated carbocycles. The van der Waals surface area contributed by atoms with E-state index in [4.69, 9.17) is 16.0 Å². The second-order valence-electron chi connectivity index (χ2n) is 6.07. The van der Waals surface area contributed by atoms with Crippen LogP contribution in [0.2, 0.25) is 5.02 Å². The molecule has 0 unspecified atom stereocenters. The number of hydrazone groups is 1. The van der Waals surface area contributed by atoms with Gasteiger partial charge < -0.3 is 9.73 Å². The summed E-state index contributed by atoms with van der Waals surface area (Å²) in [5.41, 5.74) is 5.41. The van der Waals surface area contributed by atoms with Crippen molar-refractivity contribution in [2.45, 2.75) is 13.8 Å². The number of carbonyl (C=O) groups excluding carboxylic acids is 2. The number of aryl methyl sites for hydroxylation is 1. The zero-order valence-electron chi connectivity index (χ0n) is 15.3. The van der Waals surface area contributed by atoms with Gasteiger partial charge in [-0.05, 0) is 61.9 Å². The summed E-state index contributed by atoms with van der Waals surface area (Å²) in [6, 6.07) is 15.4. The lowest BCUT2D eigenvalue weighted by Crippen LogP contribution is -2.19. The predicted octanol–water partition coefficient (Wildman–Crippen LogP) is 4.65. The van der Waals surface area contributed by atoms with Gasteiger partial charge in [0.2, 0.25) is 0 Å². The Hall–Kier alpha value is -3.38. The molecule has 2 amide bonds. The third kappa shape index (κ3) is 4.66. The van der Waals surface area contributed by atoms with E-state index in [1.165, 1.54) is 6.26 Å². The average molecular weight is 396 g/mol. The smallest absolute Gasteiger partial charge is 0.274 e. The zero-order chi connectivity index (χ0) is 20.1. The van der Waals surface area contributed by atoms with Crippen LogP contribution in [-0.2, 0) is 0 Å². The summed E-state index contributed by atoms with van der Waals surface area (Å²) >= 11 is 5.85. The number of anilines is 1. The molecule has 0 aliphatic carbocycles. The monoisotopic (exact) mass is 395 g/mol. The molecule has 3 rings (SSSR count). The summed E-state index contributed by atoms with van der Waals surface area (Å²) in [6.07, 6.45) is 1.45. The fourth-order valence-corrected chi connectivity index (χ4v) is 2.63. The number of hydrogen-bond acceptors (Lipinski definition) is 4. The lowest BCUT2D eigenvalue weighted by atomic mass is 10.1. The van der Waals surface area contributed by atoms with Crippen LogP contribution in [0.4, 0.5) is 5.69 Å². The van der Waals surface area contributed by atoms with Crippen molar-refractivity contribution in [2.24, 2.45) is 5.10 Å². The van der Waals surface area contributed by atoms with Crippen LogP contribution in [0.5, 0.6) is 0 Å². The highest BCUT2D eigenvalue weighted by molar-refractivity contribution is 6.30. The topological polar surface area (TPSA) is 83.7 Å². The van der Waals surface area contributed by atoms with Gasteiger partial charge in [-0.3, -0.25) is 9.59 Å². The second-order valence-corrected chi connectivity index (χ2v) is 6.51. The van der Waals surface area contributed by atoms with Gasteiger partial charge in [-0.15, -0.1) is 0 Å². The van der Waals surface area contributed by atoms with Crippen LogP contribution in [-0.4, -0.2) is 17.5 Å². The molecule has 0 bridgehead atoms. The van der Waals surface area contributed by atoms with Gasteiger partial charge >= 0.3 is 0 Å². The molecule has 0 aliphatic rings. The molecule has 0 atom stereocenters. The predicted molar refractivity (Wildman–Crippen MR) is 109 cm³/mol. The molecule has 6 nitrogen and oxygen atoms in total. The fourth-order valence-electron chi connectivity index (χ4n) is 2.51. The number of amides is 2. The summed E-state index contributed by atoms with van der Waals surface area (Å²) in [6.45, 7) is 3.47. The van der Waals surface area contributed by atoms with E-state index in [9.17, 15) is 9.59 Å². The van der Waals surface area contributed by atoms with Gasteiger partial charge in [-0.25, -0.2) is 5.43 Å². The van der Waals surface area contributed by atoms with Crippen molar-refractivity contribution >= 4 is 34.8 Å². The first-order valence-corrected chi connectivity index (χ1v) is 8.88. The highest BCUT2D eigenvalue weighted by Crippen LogP contribution is 2.15. The van der Waals surface area contributed by atoms with Crippen LogP contribution >= 0.6 is 11.6 Å². The molecule has 0 fully saturated rings. The summed E-state index contributed by atoms with van der Waals surface area (Å²) in [7, 11) is 0. The Morgan fingerprint density at radius 2 is 1.75 bits per heavy atom. The quantitative estimate of drug-likeness (QED) is 0.487. The Bertz CT molecular complexity index is 1040. The molecule has 1 heterocycles. The number of nitrogens with one attached hydrogen (secondary N) is 2. The molecule has 28 heavy (non-hydrogen) atoms. The Morgan fingerprint density at radius 3 is 2.43 bits per heavy atom. The van der Waals surface area contributed by atoms with Gasteiger partial charge in [-0.2, -0.15) is 5.10 Å². The van der Waals surface area contributed by atoms with Gasteiger partial charge in [0.15, 0.2) is 0 Å². The van der Waals surface area contributed by atoms with E-state index in [2.05, 4.69) is 15.8 Å². The Labute approximate surface area is 167 Å². The summed E-state index contributed by atoms with van der Waals surface area (Å²) in [4.78, 5) is 24.4. The fraction of sp³-hybridized carbons (Fsp3) is 0.0952. The first kappa shape index (κ1) is 19.4. The molecule has 0 aliphatic heterocycles.